The Labute approximate surface area is 160 Å². The Kier molecular flexibility index (Phi) is 6.95. The first-order valence-corrected chi connectivity index (χ1v) is 8.95. The molecular formula is C19H29N7O. The summed E-state index contributed by atoms with van der Waals surface area (Å²) in [6.07, 6.45) is 6.96. The van der Waals surface area contributed by atoms with Crippen molar-refractivity contribution in [3.05, 3.63) is 41.8 Å². The van der Waals surface area contributed by atoms with Crippen LogP contribution in [0.25, 0.3) is 11.0 Å². The Morgan fingerprint density at radius 1 is 1.41 bits per heavy atom. The predicted molar refractivity (Wildman–Crippen MR) is 110 cm³/mol. The lowest BCUT2D eigenvalue weighted by atomic mass is 10.2. The van der Waals surface area contributed by atoms with Crippen molar-refractivity contribution in [2.24, 2.45) is 5.73 Å². The maximum atomic E-state index is 6.13. The lowest BCUT2D eigenvalue weighted by Crippen LogP contribution is -2.30. The van der Waals surface area contributed by atoms with Crippen molar-refractivity contribution in [1.29, 1.82) is 0 Å². The van der Waals surface area contributed by atoms with E-state index in [4.69, 9.17) is 16.2 Å². The molecule has 2 rings (SSSR count). The summed E-state index contributed by atoms with van der Waals surface area (Å²) in [6, 6.07) is 0. The van der Waals surface area contributed by atoms with E-state index in [0.717, 1.165) is 35.3 Å². The zero-order chi connectivity index (χ0) is 20.0. The van der Waals surface area contributed by atoms with Crippen LogP contribution in [0.1, 0.15) is 33.6 Å². The minimum atomic E-state index is -0.222. The highest BCUT2D eigenvalue weighted by Crippen LogP contribution is 2.23. The molecule has 0 saturated heterocycles. The first-order valence-electron chi connectivity index (χ1n) is 8.95. The molecule has 0 aliphatic carbocycles. The van der Waals surface area contributed by atoms with Gasteiger partial charge in [-0.05, 0) is 37.5 Å². The van der Waals surface area contributed by atoms with Gasteiger partial charge < -0.3 is 21.5 Å². The molecule has 8 heteroatoms. The number of nitrogens with one attached hydrogen (secondary N) is 1. The number of methoxy groups -OCH3 is 1. The van der Waals surface area contributed by atoms with Gasteiger partial charge in [0, 0.05) is 0 Å². The fourth-order valence-corrected chi connectivity index (χ4v) is 2.72. The topological polar surface area (TPSA) is 117 Å². The molecule has 1 unspecified atom stereocenters. The fraction of sp³-hybridized carbons (Fsp3) is 0.421. The smallest absolute Gasteiger partial charge is 0.222 e. The molecule has 0 bridgehead atoms. The van der Waals surface area contributed by atoms with Gasteiger partial charge in [0.25, 0.3) is 0 Å². The summed E-state index contributed by atoms with van der Waals surface area (Å²) in [5.74, 6) is 1.53. The molecule has 0 spiro atoms. The number of hydrogen-bond donors (Lipinski definition) is 3. The van der Waals surface area contributed by atoms with Crippen LogP contribution >= 0.6 is 0 Å². The highest BCUT2D eigenvalue weighted by molar-refractivity contribution is 5.86. The van der Waals surface area contributed by atoms with Crippen LogP contribution in [-0.4, -0.2) is 33.0 Å². The van der Waals surface area contributed by atoms with Gasteiger partial charge in [0.15, 0.2) is 5.82 Å². The van der Waals surface area contributed by atoms with E-state index in [2.05, 4.69) is 33.9 Å². The second kappa shape index (κ2) is 9.18. The maximum Gasteiger partial charge on any atom is 0.222 e. The summed E-state index contributed by atoms with van der Waals surface area (Å²) in [7, 11) is 1.65. The Hall–Kier alpha value is -2.87. The van der Waals surface area contributed by atoms with Crippen LogP contribution in [0.15, 0.2) is 41.8 Å². The molecule has 0 aliphatic heterocycles. The van der Waals surface area contributed by atoms with Crippen molar-refractivity contribution in [3.63, 3.8) is 0 Å². The molecule has 0 aromatic carbocycles. The molecule has 2 aromatic rings. The number of nitrogens with zero attached hydrogens (tertiary/aromatic N) is 4. The zero-order valence-electron chi connectivity index (χ0n) is 16.5. The first kappa shape index (κ1) is 20.4. The molecule has 5 N–H and O–H groups in total. The summed E-state index contributed by atoms with van der Waals surface area (Å²) < 4.78 is 7.34. The van der Waals surface area contributed by atoms with Crippen LogP contribution in [-0.2, 0) is 11.3 Å². The number of aromatic nitrogens is 4. The van der Waals surface area contributed by atoms with Crippen LogP contribution in [0.2, 0.25) is 0 Å². The molecule has 8 nitrogen and oxygen atoms in total. The van der Waals surface area contributed by atoms with Crippen LogP contribution < -0.4 is 16.8 Å². The molecule has 1 atom stereocenters. The first-order chi connectivity index (χ1) is 12.9. The number of allylic oxidation sites excluding steroid dienone is 4. The number of nitrogens with two attached hydrogens (primary N) is 2. The minimum absolute atomic E-state index is 0.183. The Balaban J connectivity index is 2.45. The Morgan fingerprint density at radius 2 is 2.15 bits per heavy atom. The summed E-state index contributed by atoms with van der Waals surface area (Å²) in [4.78, 5) is 8.61. The average molecular weight is 371 g/mol. The minimum Gasteiger partial charge on any atom is -0.497 e. The van der Waals surface area contributed by atoms with Crippen molar-refractivity contribution in [2.75, 3.05) is 18.2 Å². The van der Waals surface area contributed by atoms with Gasteiger partial charge >= 0.3 is 0 Å². The van der Waals surface area contributed by atoms with Crippen molar-refractivity contribution >= 4 is 22.8 Å². The molecule has 0 fully saturated rings. The number of hydrogen-bond acceptors (Lipinski definition) is 7. The second-order valence-corrected chi connectivity index (χ2v) is 6.45. The van der Waals surface area contributed by atoms with Crippen molar-refractivity contribution in [2.45, 2.75) is 46.3 Å². The van der Waals surface area contributed by atoms with E-state index in [-0.39, 0.29) is 12.1 Å². The predicted octanol–water partition coefficient (Wildman–Crippen LogP) is 2.96. The van der Waals surface area contributed by atoms with Crippen LogP contribution in [0.3, 0.4) is 0 Å². The summed E-state index contributed by atoms with van der Waals surface area (Å²) >= 11 is 0. The monoisotopic (exact) mass is 371 g/mol. The van der Waals surface area contributed by atoms with Crippen molar-refractivity contribution < 1.29 is 4.74 Å². The molecule has 0 amide bonds. The van der Waals surface area contributed by atoms with Gasteiger partial charge in [-0.2, -0.15) is 10.1 Å². The number of ether oxygens (including phenoxy) is 1. The van der Waals surface area contributed by atoms with Gasteiger partial charge in [-0.15, -0.1) is 0 Å². The van der Waals surface area contributed by atoms with Gasteiger partial charge in [-0.1, -0.05) is 26.0 Å². The Bertz CT molecular complexity index is 866. The zero-order valence-corrected chi connectivity index (χ0v) is 16.5. The maximum absolute atomic E-state index is 6.13. The standard InChI is InChI=1S/C19H29N7O/c1-6-8-16(20)24-18-17-14(23-19(21)25-18)10-22-26(17)11-13(4)15(27-5)9-12(3)7-2/h7,9-10,16H,2,6,8,11,20H2,1,3-5H3,(H3,21,23,24,25)/b12-9+,15-13+. The highest BCUT2D eigenvalue weighted by Gasteiger charge is 2.15. The summed E-state index contributed by atoms with van der Waals surface area (Å²) in [6.45, 7) is 10.3. The quantitative estimate of drug-likeness (QED) is 0.352. The van der Waals surface area contributed by atoms with E-state index in [1.807, 2.05) is 24.6 Å². The normalized spacial score (nSPS) is 14.0. The van der Waals surface area contributed by atoms with Crippen LogP contribution in [0.5, 0.6) is 0 Å². The number of fused-ring (bicyclic) bond motifs is 1. The third-order valence-electron chi connectivity index (χ3n) is 4.14. The van der Waals surface area contributed by atoms with Gasteiger partial charge in [-0.3, -0.25) is 4.68 Å². The van der Waals surface area contributed by atoms with E-state index in [0.29, 0.717) is 17.9 Å². The van der Waals surface area contributed by atoms with E-state index in [1.165, 1.54) is 0 Å². The summed E-state index contributed by atoms with van der Waals surface area (Å²) in [5.41, 5.74) is 15.4. The van der Waals surface area contributed by atoms with Crippen LogP contribution in [0, 0.1) is 0 Å². The number of anilines is 2. The molecule has 2 aromatic heterocycles. The van der Waals surface area contributed by atoms with E-state index in [1.54, 1.807) is 19.4 Å². The Morgan fingerprint density at radius 3 is 2.78 bits per heavy atom. The van der Waals surface area contributed by atoms with E-state index in [9.17, 15) is 0 Å². The van der Waals surface area contributed by atoms with Gasteiger partial charge in [0.2, 0.25) is 5.95 Å². The highest BCUT2D eigenvalue weighted by atomic mass is 16.5. The molecule has 0 radical (unpaired) electrons. The van der Waals surface area contributed by atoms with Gasteiger partial charge in [-0.25, -0.2) is 4.98 Å². The van der Waals surface area contributed by atoms with Crippen molar-refractivity contribution in [3.8, 4) is 0 Å². The molecule has 2 heterocycles. The van der Waals surface area contributed by atoms with Crippen molar-refractivity contribution in [1.82, 2.24) is 19.7 Å². The van der Waals surface area contributed by atoms with E-state index >= 15 is 0 Å². The van der Waals surface area contributed by atoms with Crippen LogP contribution in [0.4, 0.5) is 11.8 Å². The third kappa shape index (κ3) is 5.07. The fourth-order valence-electron chi connectivity index (χ4n) is 2.72. The van der Waals surface area contributed by atoms with Gasteiger partial charge in [0.05, 0.1) is 26.0 Å². The molecule has 27 heavy (non-hydrogen) atoms. The molecule has 146 valence electrons. The van der Waals surface area contributed by atoms with E-state index < -0.39 is 0 Å². The molecule has 0 saturated carbocycles. The second-order valence-electron chi connectivity index (χ2n) is 6.45. The molecular weight excluding hydrogens is 342 g/mol. The molecule has 0 aliphatic rings. The third-order valence-corrected chi connectivity index (χ3v) is 4.14. The lowest BCUT2D eigenvalue weighted by molar-refractivity contribution is 0.299. The van der Waals surface area contributed by atoms with Gasteiger partial charge in [0.1, 0.15) is 16.8 Å². The average Bonchev–Trinajstić information content (AvgIpc) is 3.01. The number of rotatable bonds is 9. The largest absolute Gasteiger partial charge is 0.497 e. The summed E-state index contributed by atoms with van der Waals surface area (Å²) in [5, 5.41) is 7.68. The SMILES string of the molecule is C=C/C(C)=C/C(OC)=C(/C)Cn1ncc2nc(N)nc(NC(N)CCC)c21. The number of nitrogen functional groups attached to an aromatic ring is 1. The lowest BCUT2D eigenvalue weighted by Gasteiger charge is -2.16.